The fourth-order valence-electron chi connectivity index (χ4n) is 1.41. The molecule has 4 heteroatoms. The first kappa shape index (κ1) is 10.6. The van der Waals surface area contributed by atoms with Gasteiger partial charge in [0.2, 0.25) is 0 Å². The van der Waals surface area contributed by atoms with Crippen molar-refractivity contribution in [2.75, 3.05) is 0 Å². The van der Waals surface area contributed by atoms with Gasteiger partial charge in [0, 0.05) is 37.2 Å². The van der Waals surface area contributed by atoms with Gasteiger partial charge in [-0.1, -0.05) is 18.2 Å². The quantitative estimate of drug-likeness (QED) is 0.811. The second kappa shape index (κ2) is 5.23. The third kappa shape index (κ3) is 2.77. The first-order chi connectivity index (χ1) is 7.86. The van der Waals surface area contributed by atoms with E-state index in [0.29, 0.717) is 18.8 Å². The normalized spacial score (nSPS) is 10.2. The van der Waals surface area contributed by atoms with E-state index in [4.69, 9.17) is 0 Å². The zero-order valence-electron chi connectivity index (χ0n) is 8.80. The number of aromatic nitrogens is 2. The Bertz CT molecular complexity index is 445. The van der Waals surface area contributed by atoms with Crippen molar-refractivity contribution in [1.82, 2.24) is 15.3 Å². The van der Waals surface area contributed by atoms with Crippen molar-refractivity contribution in [3.63, 3.8) is 0 Å². The van der Waals surface area contributed by atoms with Crippen molar-refractivity contribution in [2.24, 2.45) is 0 Å². The second-order valence-corrected chi connectivity index (χ2v) is 3.43. The molecule has 82 valence electrons. The minimum absolute atomic E-state index is 0.314. The Morgan fingerprint density at radius 2 is 2.00 bits per heavy atom. The maximum atomic E-state index is 9.54. The van der Waals surface area contributed by atoms with E-state index >= 15 is 0 Å². The second-order valence-electron chi connectivity index (χ2n) is 3.43. The van der Waals surface area contributed by atoms with Gasteiger partial charge in [0.05, 0.1) is 5.69 Å². The lowest BCUT2D eigenvalue weighted by molar-refractivity contribution is 0.464. The highest BCUT2D eigenvalue weighted by Crippen LogP contribution is 2.14. The maximum Gasteiger partial charge on any atom is 0.120 e. The van der Waals surface area contributed by atoms with Gasteiger partial charge in [0.15, 0.2) is 0 Å². The zero-order valence-corrected chi connectivity index (χ0v) is 8.80. The van der Waals surface area contributed by atoms with Crippen LogP contribution in [0.25, 0.3) is 0 Å². The lowest BCUT2D eigenvalue weighted by Crippen LogP contribution is -2.13. The van der Waals surface area contributed by atoms with Crippen LogP contribution >= 0.6 is 0 Å². The highest BCUT2D eigenvalue weighted by atomic mass is 16.3. The van der Waals surface area contributed by atoms with Crippen molar-refractivity contribution in [1.29, 1.82) is 0 Å². The molecule has 0 amide bonds. The molecule has 0 atom stereocenters. The van der Waals surface area contributed by atoms with Gasteiger partial charge < -0.3 is 10.4 Å². The summed E-state index contributed by atoms with van der Waals surface area (Å²) < 4.78 is 0. The van der Waals surface area contributed by atoms with Crippen LogP contribution in [0, 0.1) is 0 Å². The van der Waals surface area contributed by atoms with Crippen LogP contribution in [0.2, 0.25) is 0 Å². The molecular weight excluding hydrogens is 202 g/mol. The minimum atomic E-state index is 0.314. The monoisotopic (exact) mass is 215 g/mol. The van der Waals surface area contributed by atoms with Crippen LogP contribution < -0.4 is 5.32 Å². The number of aromatic hydroxyl groups is 1. The van der Waals surface area contributed by atoms with Gasteiger partial charge in [-0.25, -0.2) is 0 Å². The van der Waals surface area contributed by atoms with Crippen molar-refractivity contribution >= 4 is 0 Å². The average molecular weight is 215 g/mol. The Morgan fingerprint density at radius 1 is 1.12 bits per heavy atom. The SMILES string of the molecule is Oc1ccccc1CNCc1cnccn1. The predicted octanol–water partition coefficient (Wildman–Crippen LogP) is 1.47. The highest BCUT2D eigenvalue weighted by Gasteiger charge is 1.99. The van der Waals surface area contributed by atoms with Gasteiger partial charge in [-0.3, -0.25) is 9.97 Å². The zero-order chi connectivity index (χ0) is 11.2. The molecule has 1 aromatic carbocycles. The van der Waals surface area contributed by atoms with Gasteiger partial charge >= 0.3 is 0 Å². The molecule has 0 unspecified atom stereocenters. The van der Waals surface area contributed by atoms with E-state index < -0.39 is 0 Å². The van der Waals surface area contributed by atoms with Crippen LogP contribution in [0.5, 0.6) is 5.75 Å². The molecule has 0 saturated heterocycles. The van der Waals surface area contributed by atoms with Crippen LogP contribution in [0.3, 0.4) is 0 Å². The molecule has 0 aliphatic rings. The van der Waals surface area contributed by atoms with E-state index in [1.54, 1.807) is 24.7 Å². The summed E-state index contributed by atoms with van der Waals surface area (Å²) in [5.74, 6) is 0.314. The Kier molecular flexibility index (Phi) is 3.46. The van der Waals surface area contributed by atoms with Crippen LogP contribution in [-0.4, -0.2) is 15.1 Å². The standard InChI is InChI=1S/C12H13N3O/c16-12-4-2-1-3-10(12)7-14-9-11-8-13-5-6-15-11/h1-6,8,14,16H,7,9H2. The number of para-hydroxylation sites is 1. The molecule has 0 aliphatic heterocycles. The summed E-state index contributed by atoms with van der Waals surface area (Å²) >= 11 is 0. The van der Waals surface area contributed by atoms with Crippen LogP contribution in [0.4, 0.5) is 0 Å². The average Bonchev–Trinajstić information content (AvgIpc) is 2.33. The largest absolute Gasteiger partial charge is 0.508 e. The number of benzene rings is 1. The molecule has 0 spiro atoms. The number of hydrogen-bond donors (Lipinski definition) is 2. The van der Waals surface area contributed by atoms with Gasteiger partial charge in [-0.2, -0.15) is 0 Å². The number of phenolic OH excluding ortho intramolecular Hbond substituents is 1. The molecule has 2 rings (SSSR count). The summed E-state index contributed by atoms with van der Waals surface area (Å²) in [6.07, 6.45) is 5.03. The molecule has 1 aromatic heterocycles. The molecule has 2 aromatic rings. The maximum absolute atomic E-state index is 9.54. The summed E-state index contributed by atoms with van der Waals surface area (Å²) in [6, 6.07) is 7.28. The molecule has 2 N–H and O–H groups in total. The summed E-state index contributed by atoms with van der Waals surface area (Å²) in [5.41, 5.74) is 1.77. The molecule has 1 heterocycles. The number of nitrogens with zero attached hydrogens (tertiary/aromatic N) is 2. The summed E-state index contributed by atoms with van der Waals surface area (Å²) in [7, 11) is 0. The molecule has 0 saturated carbocycles. The third-order valence-corrected chi connectivity index (χ3v) is 2.23. The minimum Gasteiger partial charge on any atom is -0.508 e. The van der Waals surface area contributed by atoms with E-state index in [2.05, 4.69) is 15.3 Å². The van der Waals surface area contributed by atoms with E-state index in [0.717, 1.165) is 11.3 Å². The molecule has 0 radical (unpaired) electrons. The van der Waals surface area contributed by atoms with Crippen LogP contribution in [-0.2, 0) is 13.1 Å². The van der Waals surface area contributed by atoms with Gasteiger partial charge in [0.25, 0.3) is 0 Å². The molecule has 16 heavy (non-hydrogen) atoms. The van der Waals surface area contributed by atoms with Gasteiger partial charge in [-0.05, 0) is 6.07 Å². The smallest absolute Gasteiger partial charge is 0.120 e. The third-order valence-electron chi connectivity index (χ3n) is 2.23. The Morgan fingerprint density at radius 3 is 2.75 bits per heavy atom. The molecule has 0 bridgehead atoms. The van der Waals surface area contributed by atoms with Crippen molar-refractivity contribution < 1.29 is 5.11 Å². The van der Waals surface area contributed by atoms with E-state index in [1.165, 1.54) is 0 Å². The Labute approximate surface area is 94.0 Å². The summed E-state index contributed by atoms with van der Waals surface area (Å²) in [4.78, 5) is 8.12. The predicted molar refractivity (Wildman–Crippen MR) is 60.7 cm³/mol. The number of phenols is 1. The number of hydrogen-bond acceptors (Lipinski definition) is 4. The molecule has 0 aliphatic carbocycles. The van der Waals surface area contributed by atoms with Crippen molar-refractivity contribution in [3.8, 4) is 5.75 Å². The summed E-state index contributed by atoms with van der Waals surface area (Å²) in [5, 5.41) is 12.7. The van der Waals surface area contributed by atoms with Crippen molar-refractivity contribution in [3.05, 3.63) is 54.1 Å². The first-order valence-corrected chi connectivity index (χ1v) is 5.09. The van der Waals surface area contributed by atoms with E-state index in [9.17, 15) is 5.11 Å². The lowest BCUT2D eigenvalue weighted by atomic mass is 10.2. The fraction of sp³-hybridized carbons (Fsp3) is 0.167. The molecular formula is C12H13N3O. The van der Waals surface area contributed by atoms with Gasteiger partial charge in [-0.15, -0.1) is 0 Å². The lowest BCUT2D eigenvalue weighted by Gasteiger charge is -2.05. The van der Waals surface area contributed by atoms with E-state index in [-0.39, 0.29) is 0 Å². The molecule has 0 fully saturated rings. The topological polar surface area (TPSA) is 58.0 Å². The Balaban J connectivity index is 1.87. The van der Waals surface area contributed by atoms with Crippen molar-refractivity contribution in [2.45, 2.75) is 13.1 Å². The fourth-order valence-corrected chi connectivity index (χ4v) is 1.41. The van der Waals surface area contributed by atoms with Crippen LogP contribution in [0.15, 0.2) is 42.9 Å². The number of nitrogens with one attached hydrogen (secondary N) is 1. The molecule has 4 nitrogen and oxygen atoms in total. The van der Waals surface area contributed by atoms with Crippen LogP contribution in [0.1, 0.15) is 11.3 Å². The highest BCUT2D eigenvalue weighted by molar-refractivity contribution is 5.31. The summed E-state index contributed by atoms with van der Waals surface area (Å²) in [6.45, 7) is 1.26. The van der Waals surface area contributed by atoms with Gasteiger partial charge in [0.1, 0.15) is 5.75 Å². The first-order valence-electron chi connectivity index (χ1n) is 5.09. The Hall–Kier alpha value is -1.94. The van der Waals surface area contributed by atoms with E-state index in [1.807, 2.05) is 18.2 Å². The number of rotatable bonds is 4.